The number of rotatable bonds is 3. The largest absolute Gasteiger partial charge is 0.331 e. The number of imidazole rings is 1. The standard InChI is InChI=1S/C19H19N5/c1-12-11-13(2)22-17(21-12)8-9-18-23-19-14-5-4-10-20-15(14)6-7-16(19)24(18)3/h4-7,10-11H,8-9H2,1-3H3. The van der Waals surface area contributed by atoms with Crippen LogP contribution in [0.4, 0.5) is 0 Å². The number of fused-ring (bicyclic) bond motifs is 3. The van der Waals surface area contributed by atoms with Gasteiger partial charge in [-0.25, -0.2) is 15.0 Å². The first-order valence-corrected chi connectivity index (χ1v) is 8.12. The number of nitrogens with zero attached hydrogens (tertiary/aromatic N) is 5. The van der Waals surface area contributed by atoms with E-state index in [9.17, 15) is 0 Å². The monoisotopic (exact) mass is 317 g/mol. The van der Waals surface area contributed by atoms with Gasteiger partial charge < -0.3 is 4.57 Å². The van der Waals surface area contributed by atoms with Gasteiger partial charge in [0.25, 0.3) is 0 Å². The van der Waals surface area contributed by atoms with Crippen LogP contribution in [-0.2, 0) is 19.9 Å². The zero-order valence-corrected chi connectivity index (χ0v) is 14.1. The lowest BCUT2D eigenvalue weighted by Crippen LogP contribution is -2.05. The number of hydrogen-bond acceptors (Lipinski definition) is 4. The van der Waals surface area contributed by atoms with E-state index < -0.39 is 0 Å². The van der Waals surface area contributed by atoms with E-state index in [1.807, 2.05) is 32.2 Å². The third kappa shape index (κ3) is 2.52. The predicted octanol–water partition coefficient (Wildman–Crippen LogP) is 3.31. The molecule has 0 saturated heterocycles. The first kappa shape index (κ1) is 14.8. The molecule has 1 aromatic carbocycles. The first-order valence-electron chi connectivity index (χ1n) is 8.12. The molecule has 0 fully saturated rings. The fraction of sp³-hybridized carbons (Fsp3) is 0.263. The Morgan fingerprint density at radius 3 is 2.54 bits per heavy atom. The van der Waals surface area contributed by atoms with Gasteiger partial charge in [-0.15, -0.1) is 0 Å². The lowest BCUT2D eigenvalue weighted by molar-refractivity contribution is 0.752. The van der Waals surface area contributed by atoms with E-state index in [1.54, 1.807) is 0 Å². The maximum Gasteiger partial charge on any atom is 0.129 e. The molecule has 0 radical (unpaired) electrons. The highest BCUT2D eigenvalue weighted by atomic mass is 15.1. The summed E-state index contributed by atoms with van der Waals surface area (Å²) in [7, 11) is 2.06. The van der Waals surface area contributed by atoms with Crippen LogP contribution in [-0.4, -0.2) is 24.5 Å². The lowest BCUT2D eigenvalue weighted by Gasteiger charge is -2.04. The Morgan fingerprint density at radius 1 is 0.958 bits per heavy atom. The summed E-state index contributed by atoms with van der Waals surface area (Å²) in [4.78, 5) is 18.3. The average Bonchev–Trinajstić information content (AvgIpc) is 2.89. The molecule has 0 aliphatic carbocycles. The van der Waals surface area contributed by atoms with Crippen LogP contribution >= 0.6 is 0 Å². The van der Waals surface area contributed by atoms with Crippen LogP contribution < -0.4 is 0 Å². The van der Waals surface area contributed by atoms with Gasteiger partial charge in [-0.05, 0) is 44.2 Å². The molecule has 0 saturated carbocycles. The van der Waals surface area contributed by atoms with Crippen LogP contribution in [0.15, 0.2) is 36.5 Å². The molecule has 0 spiro atoms. The molecule has 3 aromatic heterocycles. The molecule has 3 heterocycles. The fourth-order valence-electron chi connectivity index (χ4n) is 3.21. The zero-order valence-electron chi connectivity index (χ0n) is 14.1. The van der Waals surface area contributed by atoms with Crippen molar-refractivity contribution in [2.45, 2.75) is 26.7 Å². The number of aromatic nitrogens is 5. The molecule has 0 bridgehead atoms. The molecule has 0 aliphatic heterocycles. The zero-order chi connectivity index (χ0) is 16.7. The van der Waals surface area contributed by atoms with Crippen molar-refractivity contribution in [2.24, 2.45) is 7.05 Å². The van der Waals surface area contributed by atoms with Crippen LogP contribution in [0.3, 0.4) is 0 Å². The number of pyridine rings is 1. The normalized spacial score (nSPS) is 11.5. The molecule has 0 aliphatic rings. The second-order valence-electron chi connectivity index (χ2n) is 6.16. The van der Waals surface area contributed by atoms with Crippen LogP contribution in [0.5, 0.6) is 0 Å². The molecule has 0 amide bonds. The van der Waals surface area contributed by atoms with Crippen molar-refractivity contribution in [1.82, 2.24) is 24.5 Å². The molecule has 5 nitrogen and oxygen atoms in total. The molecular formula is C19H19N5. The van der Waals surface area contributed by atoms with Crippen molar-refractivity contribution in [2.75, 3.05) is 0 Å². The number of hydrogen-bond donors (Lipinski definition) is 0. The van der Waals surface area contributed by atoms with Crippen LogP contribution in [0.2, 0.25) is 0 Å². The predicted molar refractivity (Wildman–Crippen MR) is 94.9 cm³/mol. The minimum absolute atomic E-state index is 0.788. The fourth-order valence-corrected chi connectivity index (χ4v) is 3.21. The second-order valence-corrected chi connectivity index (χ2v) is 6.16. The second kappa shape index (κ2) is 5.67. The van der Waals surface area contributed by atoms with Crippen molar-refractivity contribution in [3.05, 3.63) is 59.6 Å². The first-order chi connectivity index (χ1) is 11.6. The molecule has 24 heavy (non-hydrogen) atoms. The van der Waals surface area contributed by atoms with Crippen LogP contribution in [0, 0.1) is 13.8 Å². The van der Waals surface area contributed by atoms with Gasteiger partial charge in [0, 0.05) is 42.9 Å². The number of benzene rings is 1. The number of aryl methyl sites for hydroxylation is 5. The van der Waals surface area contributed by atoms with Gasteiger partial charge in [-0.3, -0.25) is 4.98 Å². The summed E-state index contributed by atoms with van der Waals surface area (Å²) < 4.78 is 2.16. The highest BCUT2D eigenvalue weighted by Crippen LogP contribution is 2.24. The third-order valence-corrected chi connectivity index (χ3v) is 4.33. The molecule has 4 rings (SSSR count). The summed E-state index contributed by atoms with van der Waals surface area (Å²) in [6.07, 6.45) is 3.42. The Bertz CT molecular complexity index is 1030. The van der Waals surface area contributed by atoms with Crippen molar-refractivity contribution in [3.8, 4) is 0 Å². The van der Waals surface area contributed by atoms with Gasteiger partial charge in [-0.1, -0.05) is 0 Å². The third-order valence-electron chi connectivity index (χ3n) is 4.33. The quantitative estimate of drug-likeness (QED) is 0.582. The molecule has 0 N–H and O–H groups in total. The van der Waals surface area contributed by atoms with Crippen LogP contribution in [0.25, 0.3) is 21.9 Å². The van der Waals surface area contributed by atoms with Crippen molar-refractivity contribution < 1.29 is 0 Å². The molecule has 0 unspecified atom stereocenters. The topological polar surface area (TPSA) is 56.5 Å². The van der Waals surface area contributed by atoms with E-state index in [2.05, 4.69) is 44.8 Å². The smallest absolute Gasteiger partial charge is 0.129 e. The SMILES string of the molecule is Cc1cc(C)nc(CCc2nc3c4cccnc4ccc3n2C)n1. The van der Waals surface area contributed by atoms with Crippen LogP contribution in [0.1, 0.15) is 23.0 Å². The maximum atomic E-state index is 4.87. The lowest BCUT2D eigenvalue weighted by atomic mass is 10.2. The molecule has 0 atom stereocenters. The molecular weight excluding hydrogens is 298 g/mol. The van der Waals surface area contributed by atoms with Crippen molar-refractivity contribution in [3.63, 3.8) is 0 Å². The Labute approximate surface area is 140 Å². The van der Waals surface area contributed by atoms with E-state index in [4.69, 9.17) is 4.98 Å². The van der Waals surface area contributed by atoms with E-state index in [1.165, 1.54) is 0 Å². The molecule has 120 valence electrons. The summed E-state index contributed by atoms with van der Waals surface area (Å²) in [5.74, 6) is 1.93. The Morgan fingerprint density at radius 2 is 1.75 bits per heavy atom. The van der Waals surface area contributed by atoms with Gasteiger partial charge in [-0.2, -0.15) is 0 Å². The maximum absolute atomic E-state index is 4.87. The molecule has 5 heteroatoms. The van der Waals surface area contributed by atoms with Gasteiger partial charge in [0.05, 0.1) is 16.6 Å². The van der Waals surface area contributed by atoms with Gasteiger partial charge in [0.2, 0.25) is 0 Å². The van der Waals surface area contributed by atoms with E-state index in [-0.39, 0.29) is 0 Å². The van der Waals surface area contributed by atoms with E-state index >= 15 is 0 Å². The molecule has 4 aromatic rings. The average molecular weight is 317 g/mol. The minimum atomic E-state index is 0.788. The Kier molecular flexibility index (Phi) is 3.49. The van der Waals surface area contributed by atoms with E-state index in [0.717, 1.165) is 57.8 Å². The van der Waals surface area contributed by atoms with Crippen molar-refractivity contribution >= 4 is 21.9 Å². The summed E-state index contributed by atoms with van der Waals surface area (Å²) in [5, 5.41) is 1.10. The van der Waals surface area contributed by atoms with Crippen molar-refractivity contribution in [1.29, 1.82) is 0 Å². The Hall–Kier alpha value is -2.82. The summed E-state index contributed by atoms with van der Waals surface area (Å²) in [5.41, 5.74) is 5.15. The minimum Gasteiger partial charge on any atom is -0.331 e. The highest BCUT2D eigenvalue weighted by molar-refractivity contribution is 6.02. The van der Waals surface area contributed by atoms with Gasteiger partial charge in [0.15, 0.2) is 0 Å². The van der Waals surface area contributed by atoms with Gasteiger partial charge in [0.1, 0.15) is 11.6 Å². The summed E-state index contributed by atoms with van der Waals surface area (Å²) in [6.45, 7) is 4.01. The Balaban J connectivity index is 1.71. The highest BCUT2D eigenvalue weighted by Gasteiger charge is 2.12. The van der Waals surface area contributed by atoms with E-state index in [0.29, 0.717) is 0 Å². The van der Waals surface area contributed by atoms with Gasteiger partial charge >= 0.3 is 0 Å². The summed E-state index contributed by atoms with van der Waals surface area (Å²) in [6, 6.07) is 10.2. The summed E-state index contributed by atoms with van der Waals surface area (Å²) >= 11 is 0.